The Kier molecular flexibility index (Phi) is 6.75. The van der Waals surface area contributed by atoms with Gasteiger partial charge in [-0.25, -0.2) is 0 Å². The van der Waals surface area contributed by atoms with Gasteiger partial charge in [0.15, 0.2) is 0 Å². The summed E-state index contributed by atoms with van der Waals surface area (Å²) in [5.74, 6) is 0.116. The predicted molar refractivity (Wildman–Crippen MR) is 132 cm³/mol. The third kappa shape index (κ3) is 5.19. The highest BCUT2D eigenvalue weighted by Crippen LogP contribution is 2.28. The molecule has 1 saturated carbocycles. The molecule has 0 bridgehead atoms. The van der Waals surface area contributed by atoms with E-state index in [0.29, 0.717) is 17.0 Å². The number of aromatic nitrogens is 2. The monoisotopic (exact) mass is 468 g/mol. The van der Waals surface area contributed by atoms with E-state index in [9.17, 15) is 9.59 Å². The highest BCUT2D eigenvalue weighted by Gasteiger charge is 2.34. The summed E-state index contributed by atoms with van der Waals surface area (Å²) >= 11 is 0. The minimum atomic E-state index is -0.834. The zero-order valence-electron chi connectivity index (χ0n) is 19.4. The molecule has 1 aliphatic rings. The van der Waals surface area contributed by atoms with Crippen molar-refractivity contribution in [3.05, 3.63) is 102 Å². The summed E-state index contributed by atoms with van der Waals surface area (Å²) < 4.78 is 5.58. The number of pyridine rings is 1. The van der Waals surface area contributed by atoms with Crippen molar-refractivity contribution in [2.45, 2.75) is 44.3 Å². The minimum absolute atomic E-state index is 0.127. The number of benzene rings is 1. The van der Waals surface area contributed by atoms with Crippen LogP contribution in [0.4, 0.5) is 0 Å². The Morgan fingerprint density at radius 2 is 1.77 bits per heavy atom. The summed E-state index contributed by atoms with van der Waals surface area (Å²) in [4.78, 5) is 36.5. The number of hydrogen-bond donors (Lipinski definition) is 2. The summed E-state index contributed by atoms with van der Waals surface area (Å²) in [7, 11) is 0. The predicted octanol–water partition coefficient (Wildman–Crippen LogP) is 5.11. The number of furan rings is 1. The molecule has 3 heterocycles. The Labute approximate surface area is 204 Å². The maximum atomic E-state index is 13.9. The van der Waals surface area contributed by atoms with Crippen molar-refractivity contribution in [2.75, 3.05) is 0 Å². The second-order valence-electron chi connectivity index (χ2n) is 8.84. The fourth-order valence-electron chi connectivity index (χ4n) is 4.68. The van der Waals surface area contributed by atoms with Crippen LogP contribution in [0.3, 0.4) is 0 Å². The number of aromatic amines is 1. The Morgan fingerprint density at radius 3 is 2.49 bits per heavy atom. The van der Waals surface area contributed by atoms with Gasteiger partial charge in [0.25, 0.3) is 5.91 Å². The Balaban J connectivity index is 1.51. The molecule has 1 fully saturated rings. The fraction of sp³-hybridized carbons (Fsp3) is 0.250. The second kappa shape index (κ2) is 10.4. The summed E-state index contributed by atoms with van der Waals surface area (Å²) in [5, 5.41) is 3.18. The molecule has 0 radical (unpaired) electrons. The lowest BCUT2D eigenvalue weighted by Gasteiger charge is -2.31. The number of rotatable bonds is 8. The SMILES string of the molecule is O=C(NC1CCCC1)[C@@H](c1ccncc1)N(Cc1ccco1)C(=O)c1ccc(-c2ccccc2)[nH]1. The summed E-state index contributed by atoms with van der Waals surface area (Å²) in [6.07, 6.45) is 8.97. The van der Waals surface area contributed by atoms with E-state index in [1.165, 1.54) is 0 Å². The van der Waals surface area contributed by atoms with Gasteiger partial charge in [0.05, 0.1) is 12.8 Å². The van der Waals surface area contributed by atoms with E-state index < -0.39 is 6.04 Å². The first-order valence-electron chi connectivity index (χ1n) is 12.0. The number of carbonyl (C=O) groups excluding carboxylic acids is 2. The van der Waals surface area contributed by atoms with Crippen LogP contribution in [0.15, 0.2) is 89.8 Å². The van der Waals surface area contributed by atoms with Gasteiger partial charge in [-0.05, 0) is 60.4 Å². The molecule has 35 heavy (non-hydrogen) atoms. The van der Waals surface area contributed by atoms with E-state index in [0.717, 1.165) is 36.9 Å². The maximum Gasteiger partial charge on any atom is 0.271 e. The zero-order valence-corrected chi connectivity index (χ0v) is 19.4. The van der Waals surface area contributed by atoms with Crippen LogP contribution in [0.1, 0.15) is 53.5 Å². The Morgan fingerprint density at radius 1 is 1.00 bits per heavy atom. The molecule has 7 nitrogen and oxygen atoms in total. The van der Waals surface area contributed by atoms with E-state index >= 15 is 0 Å². The van der Waals surface area contributed by atoms with Crippen LogP contribution < -0.4 is 5.32 Å². The van der Waals surface area contributed by atoms with Gasteiger partial charge >= 0.3 is 0 Å². The van der Waals surface area contributed by atoms with E-state index in [1.54, 1.807) is 47.8 Å². The molecule has 5 rings (SSSR count). The lowest BCUT2D eigenvalue weighted by molar-refractivity contribution is -0.126. The molecule has 0 spiro atoms. The van der Waals surface area contributed by atoms with Crippen molar-refractivity contribution in [3.63, 3.8) is 0 Å². The van der Waals surface area contributed by atoms with Crippen LogP contribution in [0, 0.1) is 0 Å². The van der Waals surface area contributed by atoms with Gasteiger partial charge in [-0.3, -0.25) is 14.6 Å². The van der Waals surface area contributed by atoms with Gasteiger partial charge in [0.1, 0.15) is 17.5 Å². The molecule has 1 aromatic carbocycles. The van der Waals surface area contributed by atoms with E-state index in [1.807, 2.05) is 42.5 Å². The highest BCUT2D eigenvalue weighted by atomic mass is 16.3. The van der Waals surface area contributed by atoms with Crippen molar-refractivity contribution >= 4 is 11.8 Å². The number of carbonyl (C=O) groups is 2. The van der Waals surface area contributed by atoms with Crippen LogP contribution >= 0.6 is 0 Å². The lowest BCUT2D eigenvalue weighted by atomic mass is 10.0. The van der Waals surface area contributed by atoms with Crippen LogP contribution in [-0.4, -0.2) is 32.7 Å². The highest BCUT2D eigenvalue weighted by molar-refractivity contribution is 5.97. The van der Waals surface area contributed by atoms with Crippen molar-refractivity contribution in [1.29, 1.82) is 0 Å². The number of amides is 2. The van der Waals surface area contributed by atoms with E-state index in [-0.39, 0.29) is 24.4 Å². The number of hydrogen-bond acceptors (Lipinski definition) is 4. The molecule has 7 heteroatoms. The number of nitrogens with zero attached hydrogens (tertiary/aromatic N) is 2. The Bertz CT molecular complexity index is 1250. The van der Waals surface area contributed by atoms with Crippen LogP contribution in [0.2, 0.25) is 0 Å². The van der Waals surface area contributed by atoms with E-state index in [2.05, 4.69) is 15.3 Å². The van der Waals surface area contributed by atoms with Gasteiger partial charge in [0.2, 0.25) is 5.91 Å². The first kappa shape index (κ1) is 22.7. The van der Waals surface area contributed by atoms with Crippen molar-refractivity contribution < 1.29 is 14.0 Å². The maximum absolute atomic E-state index is 13.9. The fourth-order valence-corrected chi connectivity index (χ4v) is 4.68. The van der Waals surface area contributed by atoms with Crippen LogP contribution in [0.25, 0.3) is 11.3 Å². The molecule has 3 aromatic heterocycles. The zero-order chi connectivity index (χ0) is 24.0. The average Bonchev–Trinajstić information content (AvgIpc) is 3.68. The molecule has 1 aliphatic carbocycles. The molecule has 1 atom stereocenters. The van der Waals surface area contributed by atoms with Crippen molar-refractivity contribution in [1.82, 2.24) is 20.2 Å². The average molecular weight is 469 g/mol. The molecular formula is C28H28N4O3. The molecule has 178 valence electrons. The Hall–Kier alpha value is -4.13. The quantitative estimate of drug-likeness (QED) is 0.376. The van der Waals surface area contributed by atoms with E-state index in [4.69, 9.17) is 4.42 Å². The third-order valence-corrected chi connectivity index (χ3v) is 6.45. The van der Waals surface area contributed by atoms with Crippen LogP contribution in [0.5, 0.6) is 0 Å². The minimum Gasteiger partial charge on any atom is -0.467 e. The number of H-pyrrole nitrogens is 1. The van der Waals surface area contributed by atoms with Gasteiger partial charge < -0.3 is 19.6 Å². The number of nitrogens with one attached hydrogen (secondary N) is 2. The first-order chi connectivity index (χ1) is 17.2. The molecule has 0 aliphatic heterocycles. The van der Waals surface area contributed by atoms with Crippen LogP contribution in [-0.2, 0) is 11.3 Å². The smallest absolute Gasteiger partial charge is 0.271 e. The molecule has 2 amide bonds. The van der Waals surface area contributed by atoms with Crippen molar-refractivity contribution in [3.8, 4) is 11.3 Å². The summed E-state index contributed by atoms with van der Waals surface area (Å²) in [6, 6.07) is 19.9. The normalized spacial score (nSPS) is 14.5. The first-order valence-corrected chi connectivity index (χ1v) is 12.0. The van der Waals surface area contributed by atoms with Gasteiger partial charge in [-0.1, -0.05) is 43.2 Å². The lowest BCUT2D eigenvalue weighted by Crippen LogP contribution is -2.46. The molecular weight excluding hydrogens is 440 g/mol. The molecule has 0 unspecified atom stereocenters. The van der Waals surface area contributed by atoms with Gasteiger partial charge in [0, 0.05) is 24.1 Å². The molecule has 4 aromatic rings. The topological polar surface area (TPSA) is 91.2 Å². The standard InChI is InChI=1S/C28H28N4O3/c33-27(30-22-9-4-5-10-22)26(21-14-16-29-17-15-21)32(19-23-11-6-18-35-23)28(34)25-13-12-24(31-25)20-7-2-1-3-8-20/h1-3,6-8,11-18,22,26,31H,4-5,9-10,19H2,(H,30,33)/t26-/m1/s1. The molecule has 0 saturated heterocycles. The van der Waals surface area contributed by atoms with Gasteiger partial charge in [-0.2, -0.15) is 0 Å². The van der Waals surface area contributed by atoms with Crippen molar-refractivity contribution in [2.24, 2.45) is 0 Å². The van der Waals surface area contributed by atoms with Gasteiger partial charge in [-0.15, -0.1) is 0 Å². The second-order valence-corrected chi connectivity index (χ2v) is 8.84. The summed E-state index contributed by atoms with van der Waals surface area (Å²) in [5.41, 5.74) is 2.92. The molecule has 2 N–H and O–H groups in total. The largest absolute Gasteiger partial charge is 0.467 e. The third-order valence-electron chi connectivity index (χ3n) is 6.45. The summed E-state index contributed by atoms with van der Waals surface area (Å²) in [6.45, 7) is 0.149.